The van der Waals surface area contributed by atoms with Crippen LogP contribution in [-0.4, -0.2) is 56.5 Å². The molecule has 0 rings (SSSR count). The minimum absolute atomic E-state index is 0. The topological polar surface area (TPSA) is 0 Å². The van der Waals surface area contributed by atoms with E-state index in [2.05, 4.69) is 0 Å². The Morgan fingerprint density at radius 3 is 1.19 bits per heavy atom. The van der Waals surface area contributed by atoms with Gasteiger partial charge in [0.2, 0.25) is 0 Å². The van der Waals surface area contributed by atoms with E-state index in [0.29, 0.717) is 10.5 Å². The van der Waals surface area contributed by atoms with Crippen molar-refractivity contribution in [2.75, 3.05) is 46.0 Å². The standard InChI is InChI=1S/C10H22S7.4Na/c11-1-3-16-9(5-13)7-15-8-10(6-14)17-4-2-12;;;;/h9-14H,1-8H2;;;;/q;4*+1/p-4. The summed E-state index contributed by atoms with van der Waals surface area (Å²) in [6.07, 6.45) is 0. The first-order chi connectivity index (χ1) is 8.28. The van der Waals surface area contributed by atoms with Crippen molar-refractivity contribution < 1.29 is 118 Å². The molecule has 0 aromatic heterocycles. The van der Waals surface area contributed by atoms with Crippen LogP contribution in [0, 0.1) is 0 Å². The Labute approximate surface area is 255 Å². The van der Waals surface area contributed by atoms with Crippen molar-refractivity contribution in [3.63, 3.8) is 0 Å². The Kier molecular flexibility index (Phi) is 56.5. The summed E-state index contributed by atoms with van der Waals surface area (Å²) in [7, 11) is 0. The van der Waals surface area contributed by atoms with E-state index in [1.54, 1.807) is 0 Å². The largest absolute Gasteiger partial charge is 1.00 e. The van der Waals surface area contributed by atoms with Crippen molar-refractivity contribution in [3.05, 3.63) is 0 Å². The molecule has 0 N–H and O–H groups in total. The van der Waals surface area contributed by atoms with E-state index in [1.807, 2.05) is 35.3 Å². The minimum atomic E-state index is 0. The predicted molar refractivity (Wildman–Crippen MR) is 98.7 cm³/mol. The van der Waals surface area contributed by atoms with Crippen LogP contribution < -0.4 is 118 Å². The maximum atomic E-state index is 5.16. The van der Waals surface area contributed by atoms with Gasteiger partial charge in [-0.3, -0.25) is 0 Å². The molecule has 0 saturated heterocycles. The quantitative estimate of drug-likeness (QED) is 0.210. The molecule has 0 spiro atoms. The molecule has 0 amide bonds. The summed E-state index contributed by atoms with van der Waals surface area (Å²) in [5, 5.41) is 1.15. The second-order valence-electron chi connectivity index (χ2n) is 3.26. The molecule has 0 aliphatic carbocycles. The van der Waals surface area contributed by atoms with Crippen molar-refractivity contribution in [2.45, 2.75) is 10.5 Å². The summed E-state index contributed by atoms with van der Waals surface area (Å²) in [5.74, 6) is 7.65. The van der Waals surface area contributed by atoms with E-state index in [-0.39, 0.29) is 118 Å². The van der Waals surface area contributed by atoms with E-state index in [9.17, 15) is 0 Å². The maximum Gasteiger partial charge on any atom is 1.00 e. The van der Waals surface area contributed by atoms with E-state index in [4.69, 9.17) is 50.5 Å². The molecule has 0 aliphatic heterocycles. The second-order valence-corrected chi connectivity index (χ2v) is 8.64. The fourth-order valence-electron chi connectivity index (χ4n) is 1.05. The second kappa shape index (κ2) is 31.2. The zero-order valence-electron chi connectivity index (χ0n) is 13.7. The van der Waals surface area contributed by atoms with Crippen LogP contribution in [0.15, 0.2) is 0 Å². The van der Waals surface area contributed by atoms with Crippen LogP contribution in [0.3, 0.4) is 0 Å². The number of hydrogen-bond donors (Lipinski definition) is 0. The zero-order valence-corrected chi connectivity index (χ0v) is 27.4. The van der Waals surface area contributed by atoms with Gasteiger partial charge in [-0.2, -0.15) is 58.3 Å². The van der Waals surface area contributed by atoms with Crippen molar-refractivity contribution in [1.29, 1.82) is 0 Å². The molecule has 0 radical (unpaired) electrons. The van der Waals surface area contributed by atoms with Crippen molar-refractivity contribution in [3.8, 4) is 0 Å². The third kappa shape index (κ3) is 26.4. The van der Waals surface area contributed by atoms with Gasteiger partial charge in [0.15, 0.2) is 0 Å². The number of rotatable bonds is 12. The SMILES string of the molecule is [Na+].[Na+].[Na+].[Na+].[S-]CCSC(C[S-])CSCC(C[S-])SCC[S-]. The van der Waals surface area contributed by atoms with Crippen molar-refractivity contribution in [1.82, 2.24) is 0 Å². The van der Waals surface area contributed by atoms with Gasteiger partial charge in [-0.05, 0) is 22.0 Å². The molecular formula is C10H18Na4S7. The van der Waals surface area contributed by atoms with Crippen molar-refractivity contribution >= 4 is 85.8 Å². The predicted octanol–water partition coefficient (Wildman–Crippen LogP) is -9.87. The van der Waals surface area contributed by atoms with E-state index in [1.165, 1.54) is 0 Å². The Morgan fingerprint density at radius 1 is 0.619 bits per heavy atom. The van der Waals surface area contributed by atoms with Crippen LogP contribution in [0.25, 0.3) is 0 Å². The summed E-state index contributed by atoms with van der Waals surface area (Å²) in [4.78, 5) is 0. The van der Waals surface area contributed by atoms with Gasteiger partial charge in [-0.15, -0.1) is 0 Å². The molecule has 0 aliphatic rings. The molecule has 0 saturated carbocycles. The molecule has 0 heterocycles. The Morgan fingerprint density at radius 2 is 0.952 bits per heavy atom. The van der Waals surface area contributed by atoms with Gasteiger partial charge in [-0.1, -0.05) is 0 Å². The fourth-order valence-corrected chi connectivity index (χ4v) is 6.03. The third-order valence-electron chi connectivity index (χ3n) is 1.85. The fraction of sp³-hybridized carbons (Fsp3) is 1.00. The molecule has 2 atom stereocenters. The molecular weight excluding hydrogens is 437 g/mol. The van der Waals surface area contributed by atoms with Gasteiger partial charge < -0.3 is 50.5 Å². The van der Waals surface area contributed by atoms with Gasteiger partial charge in [0.25, 0.3) is 0 Å². The monoisotopic (exact) mass is 454 g/mol. The Balaban J connectivity index is -0.000000213. The van der Waals surface area contributed by atoms with Gasteiger partial charge >= 0.3 is 118 Å². The first-order valence-corrected chi connectivity index (χ1v) is 11.0. The molecule has 0 nitrogen and oxygen atoms in total. The molecule has 0 fully saturated rings. The van der Waals surface area contributed by atoms with Gasteiger partial charge in [0.05, 0.1) is 0 Å². The van der Waals surface area contributed by atoms with Crippen LogP contribution in [0.2, 0.25) is 0 Å². The molecule has 104 valence electrons. The first kappa shape index (κ1) is 38.1. The van der Waals surface area contributed by atoms with Gasteiger partial charge in [0, 0.05) is 11.5 Å². The average molecular weight is 455 g/mol. The van der Waals surface area contributed by atoms with Crippen LogP contribution in [0.1, 0.15) is 0 Å². The molecule has 21 heavy (non-hydrogen) atoms. The van der Waals surface area contributed by atoms with Crippen LogP contribution in [0.5, 0.6) is 0 Å². The minimum Gasteiger partial charge on any atom is -0.792 e. The molecule has 0 aromatic carbocycles. The van der Waals surface area contributed by atoms with Gasteiger partial charge in [0.1, 0.15) is 0 Å². The average Bonchev–Trinajstić information content (AvgIpc) is 2.37. The molecule has 0 bridgehead atoms. The maximum absolute atomic E-state index is 5.16. The van der Waals surface area contributed by atoms with Crippen molar-refractivity contribution in [2.24, 2.45) is 0 Å². The van der Waals surface area contributed by atoms with Crippen LogP contribution in [-0.2, 0) is 50.5 Å². The van der Waals surface area contributed by atoms with Gasteiger partial charge in [-0.25, -0.2) is 0 Å². The summed E-state index contributed by atoms with van der Waals surface area (Å²) < 4.78 is 0. The van der Waals surface area contributed by atoms with E-state index < -0.39 is 0 Å². The first-order valence-electron chi connectivity index (χ1n) is 5.41. The summed E-state index contributed by atoms with van der Waals surface area (Å²) in [6, 6.07) is 0. The van der Waals surface area contributed by atoms with Crippen LogP contribution >= 0.6 is 35.3 Å². The zero-order chi connectivity index (χ0) is 12.9. The summed E-state index contributed by atoms with van der Waals surface area (Å²) in [6.45, 7) is 0. The molecule has 2 unspecified atom stereocenters. The normalized spacial score (nSPS) is 12.0. The summed E-state index contributed by atoms with van der Waals surface area (Å²) in [5.41, 5.74) is 0. The van der Waals surface area contributed by atoms with Crippen LogP contribution in [0.4, 0.5) is 0 Å². The third-order valence-corrected chi connectivity index (χ3v) is 8.19. The molecule has 11 heteroatoms. The summed E-state index contributed by atoms with van der Waals surface area (Å²) >= 11 is 26.0. The Bertz CT molecular complexity index is 154. The smallest absolute Gasteiger partial charge is 0.792 e. The van der Waals surface area contributed by atoms with E-state index >= 15 is 0 Å². The van der Waals surface area contributed by atoms with E-state index in [0.717, 1.165) is 46.0 Å². The number of hydrogen-bond acceptors (Lipinski definition) is 7. The Hall–Kier alpha value is 6.45. The number of thioether (sulfide) groups is 3. The molecule has 0 aromatic rings.